The van der Waals surface area contributed by atoms with E-state index in [2.05, 4.69) is 6.07 Å². The van der Waals surface area contributed by atoms with Crippen LogP contribution in [0.2, 0.25) is 0 Å². The lowest BCUT2D eigenvalue weighted by Gasteiger charge is -2.20. The number of nitrogens with zero attached hydrogens (tertiary/aromatic N) is 4. The number of hydrogen-bond donors (Lipinski definition) is 0. The summed E-state index contributed by atoms with van der Waals surface area (Å²) in [6, 6.07) is 21.2. The number of amides is 1. The van der Waals surface area contributed by atoms with Crippen molar-refractivity contribution in [2.45, 2.75) is 12.5 Å². The molecule has 0 unspecified atom stereocenters. The predicted molar refractivity (Wildman–Crippen MR) is 130 cm³/mol. The van der Waals surface area contributed by atoms with Gasteiger partial charge in [0.1, 0.15) is 5.69 Å². The smallest absolute Gasteiger partial charge is 0.310 e. The minimum atomic E-state index is -0.297. The van der Waals surface area contributed by atoms with Crippen molar-refractivity contribution < 1.29 is 9.21 Å². The first kappa shape index (κ1) is 19.9. The molecule has 0 N–H and O–H groups in total. The normalized spacial score (nSPS) is 15.7. The summed E-state index contributed by atoms with van der Waals surface area (Å²) < 4.78 is 7.30. The Hall–Kier alpha value is -3.75. The third-order valence-electron chi connectivity index (χ3n) is 5.53. The molecule has 1 aromatic carbocycles. The third kappa shape index (κ3) is 3.63. The molecule has 4 aromatic heterocycles. The van der Waals surface area contributed by atoms with Gasteiger partial charge in [-0.2, -0.15) is 10.2 Å². The van der Waals surface area contributed by atoms with Gasteiger partial charge in [-0.3, -0.25) is 4.79 Å². The van der Waals surface area contributed by atoms with E-state index in [1.807, 2.05) is 70.2 Å². The van der Waals surface area contributed by atoms with Crippen LogP contribution in [0.5, 0.6) is 0 Å². The number of rotatable bonds is 5. The van der Waals surface area contributed by atoms with Crippen LogP contribution in [0.25, 0.3) is 16.3 Å². The van der Waals surface area contributed by atoms with E-state index in [4.69, 9.17) is 14.6 Å². The molecule has 0 fully saturated rings. The van der Waals surface area contributed by atoms with Crippen molar-refractivity contribution in [1.82, 2.24) is 14.8 Å². The number of para-hydroxylation sites is 1. The monoisotopic (exact) mass is 470 g/mol. The van der Waals surface area contributed by atoms with Gasteiger partial charge in [0.25, 0.3) is 0 Å². The molecule has 6 rings (SSSR count). The van der Waals surface area contributed by atoms with Crippen LogP contribution in [0, 0.1) is 0 Å². The number of hydrazone groups is 1. The summed E-state index contributed by atoms with van der Waals surface area (Å²) in [5.41, 5.74) is 3.66. The Morgan fingerprint density at radius 3 is 2.42 bits per heavy atom. The molecule has 0 radical (unpaired) electrons. The minimum absolute atomic E-state index is 0.263. The molecule has 1 atom stereocenters. The van der Waals surface area contributed by atoms with Gasteiger partial charge in [-0.1, -0.05) is 30.3 Å². The van der Waals surface area contributed by atoms with Crippen molar-refractivity contribution in [3.05, 3.63) is 106 Å². The van der Waals surface area contributed by atoms with Crippen molar-refractivity contribution in [1.29, 1.82) is 0 Å². The van der Waals surface area contributed by atoms with Crippen LogP contribution in [0.4, 0.5) is 0 Å². The van der Waals surface area contributed by atoms with Crippen LogP contribution in [0.1, 0.15) is 33.5 Å². The zero-order valence-corrected chi connectivity index (χ0v) is 19.0. The molecule has 0 spiro atoms. The fraction of sp³-hybridized carbons (Fsp3) is 0.0800. The van der Waals surface area contributed by atoms with E-state index >= 15 is 0 Å². The van der Waals surface area contributed by atoms with E-state index in [0.717, 1.165) is 32.4 Å². The highest BCUT2D eigenvalue weighted by Crippen LogP contribution is 2.40. The molecular formula is C25H18N4O2S2. The Morgan fingerprint density at radius 1 is 0.939 bits per heavy atom. The maximum Gasteiger partial charge on any atom is 0.310 e. The maximum absolute atomic E-state index is 13.4. The first-order valence-electron chi connectivity index (χ1n) is 10.5. The quantitative estimate of drug-likeness (QED) is 0.305. The van der Waals surface area contributed by atoms with Crippen LogP contribution in [-0.4, -0.2) is 26.4 Å². The second-order valence-electron chi connectivity index (χ2n) is 7.56. The summed E-state index contributed by atoms with van der Waals surface area (Å²) in [5, 5.41) is 15.3. The van der Waals surface area contributed by atoms with Crippen LogP contribution in [0.3, 0.4) is 0 Å². The highest BCUT2D eigenvalue weighted by molar-refractivity contribution is 7.13. The molecular weight excluding hydrogens is 452 g/mol. The van der Waals surface area contributed by atoms with E-state index in [9.17, 15) is 4.79 Å². The summed E-state index contributed by atoms with van der Waals surface area (Å²) in [5.74, 6) is 0.00505. The topological polar surface area (TPSA) is 63.6 Å². The summed E-state index contributed by atoms with van der Waals surface area (Å²) in [6.45, 7) is 0. The molecule has 162 valence electrons. The maximum atomic E-state index is 13.4. The van der Waals surface area contributed by atoms with E-state index < -0.39 is 0 Å². The SMILES string of the molecule is O=C(c1ccco1)N1N=C(c2cccs2)C[C@@H]1c1cn(-c2ccccc2)nc1-c1cccs1. The van der Waals surface area contributed by atoms with Crippen molar-refractivity contribution in [3.63, 3.8) is 0 Å². The van der Waals surface area contributed by atoms with Gasteiger partial charge in [0.15, 0.2) is 5.76 Å². The zero-order chi connectivity index (χ0) is 22.2. The molecule has 0 aliphatic carbocycles. The summed E-state index contributed by atoms with van der Waals surface area (Å²) in [6.07, 6.45) is 4.13. The second kappa shape index (κ2) is 8.31. The fourth-order valence-electron chi connectivity index (χ4n) is 3.99. The number of carbonyl (C=O) groups is 1. The highest BCUT2D eigenvalue weighted by atomic mass is 32.1. The lowest BCUT2D eigenvalue weighted by Crippen LogP contribution is -2.26. The fourth-order valence-corrected chi connectivity index (χ4v) is 5.45. The van der Waals surface area contributed by atoms with Crippen molar-refractivity contribution >= 4 is 34.3 Å². The minimum Gasteiger partial charge on any atom is -0.459 e. The van der Waals surface area contributed by atoms with Crippen LogP contribution in [0.15, 0.2) is 99.5 Å². The van der Waals surface area contributed by atoms with Crippen LogP contribution in [-0.2, 0) is 0 Å². The van der Waals surface area contributed by atoms with Gasteiger partial charge in [0, 0.05) is 18.2 Å². The zero-order valence-electron chi connectivity index (χ0n) is 17.4. The Balaban J connectivity index is 1.48. The Kier molecular flexibility index (Phi) is 5.01. The predicted octanol–water partition coefficient (Wildman–Crippen LogP) is 6.25. The van der Waals surface area contributed by atoms with Gasteiger partial charge in [-0.15, -0.1) is 22.7 Å². The average molecular weight is 471 g/mol. The standard InChI is InChI=1S/C25H18N4O2S2/c30-25(21-9-4-12-31-21)29-20(15-19(26-29)22-10-5-13-32-22)18-16-28(17-7-2-1-3-8-17)27-24(18)23-11-6-14-33-23/h1-14,16,20H,15H2/t20-/m1/s1. The Labute approximate surface area is 198 Å². The van der Waals surface area contributed by atoms with E-state index in [1.165, 1.54) is 6.26 Å². The number of furan rings is 1. The number of benzene rings is 1. The molecule has 5 heterocycles. The van der Waals surface area contributed by atoms with Crippen molar-refractivity contribution in [2.24, 2.45) is 5.10 Å². The molecule has 1 amide bonds. The Bertz CT molecular complexity index is 1400. The average Bonchev–Trinajstić information content (AvgIpc) is 3.69. The molecule has 6 nitrogen and oxygen atoms in total. The van der Waals surface area contributed by atoms with Crippen LogP contribution >= 0.6 is 22.7 Å². The largest absolute Gasteiger partial charge is 0.459 e. The molecule has 0 bridgehead atoms. The number of carbonyl (C=O) groups excluding carboxylic acids is 1. The van der Waals surface area contributed by atoms with Gasteiger partial charge < -0.3 is 4.42 Å². The lowest BCUT2D eigenvalue weighted by molar-refractivity contribution is 0.0679. The highest BCUT2D eigenvalue weighted by Gasteiger charge is 2.37. The first-order chi connectivity index (χ1) is 16.3. The van der Waals surface area contributed by atoms with E-state index in [1.54, 1.807) is 39.8 Å². The number of aromatic nitrogens is 2. The molecule has 33 heavy (non-hydrogen) atoms. The first-order valence-corrected chi connectivity index (χ1v) is 12.2. The van der Waals surface area contributed by atoms with E-state index in [0.29, 0.717) is 6.42 Å². The number of hydrogen-bond acceptors (Lipinski definition) is 6. The summed E-state index contributed by atoms with van der Waals surface area (Å²) in [7, 11) is 0. The number of thiophene rings is 2. The molecule has 1 aliphatic heterocycles. The van der Waals surface area contributed by atoms with Gasteiger partial charge >= 0.3 is 5.91 Å². The van der Waals surface area contributed by atoms with E-state index in [-0.39, 0.29) is 17.7 Å². The second-order valence-corrected chi connectivity index (χ2v) is 9.46. The van der Waals surface area contributed by atoms with Gasteiger partial charge in [0.05, 0.1) is 33.5 Å². The molecule has 1 aliphatic rings. The van der Waals surface area contributed by atoms with Crippen LogP contribution < -0.4 is 0 Å². The molecule has 5 aromatic rings. The van der Waals surface area contributed by atoms with Gasteiger partial charge in [-0.25, -0.2) is 9.69 Å². The van der Waals surface area contributed by atoms with Crippen molar-refractivity contribution in [2.75, 3.05) is 0 Å². The Morgan fingerprint density at radius 2 is 1.73 bits per heavy atom. The molecule has 0 saturated carbocycles. The molecule has 0 saturated heterocycles. The lowest BCUT2D eigenvalue weighted by atomic mass is 10.0. The third-order valence-corrected chi connectivity index (χ3v) is 7.33. The van der Waals surface area contributed by atoms with Crippen molar-refractivity contribution in [3.8, 4) is 16.3 Å². The summed E-state index contributed by atoms with van der Waals surface area (Å²) in [4.78, 5) is 15.5. The van der Waals surface area contributed by atoms with Gasteiger partial charge in [-0.05, 0) is 47.2 Å². The summed E-state index contributed by atoms with van der Waals surface area (Å²) >= 11 is 3.25. The molecule has 8 heteroatoms. The van der Waals surface area contributed by atoms with Gasteiger partial charge in [0.2, 0.25) is 0 Å².